The number of hydrogen-bond acceptors (Lipinski definition) is 4. The van der Waals surface area contributed by atoms with Crippen LogP contribution >= 0.6 is 35.0 Å². The summed E-state index contributed by atoms with van der Waals surface area (Å²) in [5.74, 6) is 0. The molecular formula is C16H11Cl2N3O2S. The SMILES string of the molecule is Cc1cc(-n2ncc(=O)[nH]c2=O)cc(Cl)c1Sc1ccc(Cl)cc1. The first-order valence-electron chi connectivity index (χ1n) is 6.86. The minimum Gasteiger partial charge on any atom is -0.271 e. The maximum Gasteiger partial charge on any atom is 0.349 e. The first-order valence-corrected chi connectivity index (χ1v) is 8.44. The molecule has 122 valence electrons. The summed E-state index contributed by atoms with van der Waals surface area (Å²) in [5, 5.41) is 4.99. The van der Waals surface area contributed by atoms with Gasteiger partial charge in [-0.25, -0.2) is 4.79 Å². The van der Waals surface area contributed by atoms with Crippen LogP contribution in [0.25, 0.3) is 5.69 Å². The molecule has 0 unspecified atom stereocenters. The van der Waals surface area contributed by atoms with Gasteiger partial charge in [-0.05, 0) is 48.9 Å². The Bertz CT molecular complexity index is 990. The smallest absolute Gasteiger partial charge is 0.271 e. The van der Waals surface area contributed by atoms with E-state index in [0.29, 0.717) is 15.7 Å². The molecule has 1 heterocycles. The first kappa shape index (κ1) is 16.8. The third-order valence-electron chi connectivity index (χ3n) is 3.21. The fourth-order valence-corrected chi connectivity index (χ4v) is 3.51. The van der Waals surface area contributed by atoms with E-state index in [9.17, 15) is 9.59 Å². The first-order chi connectivity index (χ1) is 11.4. The van der Waals surface area contributed by atoms with Gasteiger partial charge in [0.05, 0.1) is 10.7 Å². The highest BCUT2D eigenvalue weighted by molar-refractivity contribution is 7.99. The molecule has 0 saturated carbocycles. The van der Waals surface area contributed by atoms with Crippen molar-refractivity contribution in [3.05, 3.63) is 79.0 Å². The lowest BCUT2D eigenvalue weighted by Crippen LogP contribution is -2.30. The molecule has 0 aliphatic carbocycles. The van der Waals surface area contributed by atoms with E-state index in [0.717, 1.165) is 26.2 Å². The third kappa shape index (κ3) is 3.56. The molecule has 0 bridgehead atoms. The van der Waals surface area contributed by atoms with Crippen molar-refractivity contribution in [3.8, 4) is 5.69 Å². The lowest BCUT2D eigenvalue weighted by Gasteiger charge is -2.11. The van der Waals surface area contributed by atoms with Gasteiger partial charge in [0.15, 0.2) is 0 Å². The molecule has 1 N–H and O–H groups in total. The number of nitrogens with one attached hydrogen (secondary N) is 1. The van der Waals surface area contributed by atoms with Gasteiger partial charge in [0.25, 0.3) is 5.56 Å². The summed E-state index contributed by atoms with van der Waals surface area (Å²) >= 11 is 13.8. The zero-order valence-corrected chi connectivity index (χ0v) is 14.7. The standard InChI is InChI=1S/C16H11Cl2N3O2S/c1-9-6-11(21-16(23)20-14(22)8-19-21)7-13(18)15(9)24-12-4-2-10(17)3-5-12/h2-8H,1H3,(H,20,22,23). The van der Waals surface area contributed by atoms with E-state index in [2.05, 4.69) is 10.1 Å². The van der Waals surface area contributed by atoms with Crippen molar-refractivity contribution in [1.29, 1.82) is 0 Å². The van der Waals surface area contributed by atoms with Gasteiger partial charge in [-0.2, -0.15) is 9.78 Å². The van der Waals surface area contributed by atoms with Crippen LogP contribution in [0.15, 0.2) is 62.0 Å². The highest BCUT2D eigenvalue weighted by atomic mass is 35.5. The Morgan fingerprint density at radius 3 is 2.46 bits per heavy atom. The minimum absolute atomic E-state index is 0.485. The quantitative estimate of drug-likeness (QED) is 0.753. The molecule has 0 spiro atoms. The number of hydrogen-bond donors (Lipinski definition) is 1. The topological polar surface area (TPSA) is 67.8 Å². The van der Waals surface area contributed by atoms with Gasteiger partial charge in [0.1, 0.15) is 6.20 Å². The number of aromatic amines is 1. The van der Waals surface area contributed by atoms with Gasteiger partial charge >= 0.3 is 5.69 Å². The van der Waals surface area contributed by atoms with Crippen LogP contribution in [0.5, 0.6) is 0 Å². The highest BCUT2D eigenvalue weighted by Gasteiger charge is 2.11. The van der Waals surface area contributed by atoms with E-state index in [1.165, 1.54) is 11.8 Å². The Kier molecular flexibility index (Phi) is 4.80. The molecule has 0 saturated heterocycles. The number of aryl methyl sites for hydroxylation is 1. The second-order valence-corrected chi connectivity index (χ2v) is 6.91. The van der Waals surface area contributed by atoms with E-state index in [4.69, 9.17) is 23.2 Å². The average molecular weight is 380 g/mol. The summed E-state index contributed by atoms with van der Waals surface area (Å²) in [6, 6.07) is 10.9. The molecule has 24 heavy (non-hydrogen) atoms. The van der Waals surface area contributed by atoms with Crippen LogP contribution < -0.4 is 11.2 Å². The zero-order chi connectivity index (χ0) is 17.3. The van der Waals surface area contributed by atoms with Crippen LogP contribution in [-0.4, -0.2) is 14.8 Å². The van der Waals surface area contributed by atoms with Crippen LogP contribution in [0.4, 0.5) is 0 Å². The van der Waals surface area contributed by atoms with Gasteiger partial charge in [0.2, 0.25) is 0 Å². The van der Waals surface area contributed by atoms with Crippen molar-refractivity contribution in [2.75, 3.05) is 0 Å². The van der Waals surface area contributed by atoms with Crippen molar-refractivity contribution in [1.82, 2.24) is 14.8 Å². The predicted octanol–water partition coefficient (Wildman–Crippen LogP) is 3.69. The van der Waals surface area contributed by atoms with Gasteiger partial charge < -0.3 is 0 Å². The van der Waals surface area contributed by atoms with Crippen LogP contribution in [0.3, 0.4) is 0 Å². The Balaban J connectivity index is 2.01. The van der Waals surface area contributed by atoms with E-state index < -0.39 is 11.2 Å². The summed E-state index contributed by atoms with van der Waals surface area (Å²) in [4.78, 5) is 27.0. The minimum atomic E-state index is -0.615. The van der Waals surface area contributed by atoms with Gasteiger partial charge in [-0.15, -0.1) is 0 Å². The molecule has 3 aromatic rings. The fourth-order valence-electron chi connectivity index (χ4n) is 2.12. The monoisotopic (exact) mass is 379 g/mol. The molecule has 3 rings (SSSR count). The second-order valence-electron chi connectivity index (χ2n) is 4.98. The third-order valence-corrected chi connectivity index (χ3v) is 5.12. The molecular weight excluding hydrogens is 369 g/mol. The van der Waals surface area contributed by atoms with Crippen molar-refractivity contribution in [2.24, 2.45) is 0 Å². The molecule has 0 atom stereocenters. The number of halogens is 2. The maximum atomic E-state index is 11.9. The summed E-state index contributed by atoms with van der Waals surface area (Å²) < 4.78 is 1.09. The molecule has 0 amide bonds. The zero-order valence-electron chi connectivity index (χ0n) is 12.4. The van der Waals surface area contributed by atoms with E-state index in [1.807, 2.05) is 31.2 Å². The molecule has 0 aliphatic heterocycles. The van der Waals surface area contributed by atoms with Gasteiger partial charge in [-0.3, -0.25) is 9.78 Å². The van der Waals surface area contributed by atoms with Gasteiger partial charge in [-0.1, -0.05) is 35.0 Å². The largest absolute Gasteiger partial charge is 0.349 e. The molecule has 0 aliphatic rings. The number of aromatic nitrogens is 3. The van der Waals surface area contributed by atoms with E-state index >= 15 is 0 Å². The molecule has 0 radical (unpaired) electrons. The van der Waals surface area contributed by atoms with Crippen LogP contribution in [0, 0.1) is 6.92 Å². The highest BCUT2D eigenvalue weighted by Crippen LogP contribution is 2.37. The second kappa shape index (κ2) is 6.84. The average Bonchev–Trinajstić information content (AvgIpc) is 2.52. The van der Waals surface area contributed by atoms with Crippen molar-refractivity contribution < 1.29 is 0 Å². The summed E-state index contributed by atoms with van der Waals surface area (Å²) in [7, 11) is 0. The van der Waals surface area contributed by atoms with E-state index in [-0.39, 0.29) is 0 Å². The van der Waals surface area contributed by atoms with Crippen molar-refractivity contribution >= 4 is 35.0 Å². The van der Waals surface area contributed by atoms with Gasteiger partial charge in [0, 0.05) is 14.8 Å². The molecule has 1 aromatic heterocycles. The molecule has 8 heteroatoms. The lowest BCUT2D eigenvalue weighted by atomic mass is 10.2. The Hall–Kier alpha value is -2.02. The van der Waals surface area contributed by atoms with Crippen molar-refractivity contribution in [3.63, 3.8) is 0 Å². The van der Waals surface area contributed by atoms with Crippen LogP contribution in [0.2, 0.25) is 10.0 Å². The Morgan fingerprint density at radius 2 is 1.83 bits per heavy atom. The predicted molar refractivity (Wildman–Crippen MR) is 95.8 cm³/mol. The Labute approximate surface area is 151 Å². The maximum absolute atomic E-state index is 11.9. The molecule has 2 aromatic carbocycles. The number of nitrogens with zero attached hydrogens (tertiary/aromatic N) is 2. The van der Waals surface area contributed by atoms with Crippen LogP contribution in [0.1, 0.15) is 5.56 Å². The summed E-state index contributed by atoms with van der Waals surface area (Å²) in [6.07, 6.45) is 1.04. The fraction of sp³-hybridized carbons (Fsp3) is 0.0625. The lowest BCUT2D eigenvalue weighted by molar-refractivity contribution is 0.748. The normalized spacial score (nSPS) is 10.8. The molecule has 0 fully saturated rings. The number of benzene rings is 2. The van der Waals surface area contributed by atoms with Crippen molar-refractivity contribution in [2.45, 2.75) is 16.7 Å². The summed E-state index contributed by atoms with van der Waals surface area (Å²) in [6.45, 7) is 1.89. The molecule has 5 nitrogen and oxygen atoms in total. The Morgan fingerprint density at radius 1 is 1.12 bits per heavy atom. The number of rotatable bonds is 3. The number of H-pyrrole nitrogens is 1. The summed E-state index contributed by atoms with van der Waals surface area (Å²) in [5.41, 5.74) is 0.210. The van der Waals surface area contributed by atoms with Crippen LogP contribution in [-0.2, 0) is 0 Å². The van der Waals surface area contributed by atoms with E-state index in [1.54, 1.807) is 12.1 Å².